The molecule has 1 aromatic rings. The molecular weight excluding hydrogens is 166 g/mol. The SMILES string of the molecule is O=Cc1ccnc(OCC2CC2)c1. The van der Waals surface area contributed by atoms with Crippen LogP contribution in [0.25, 0.3) is 0 Å². The number of ether oxygens (including phenoxy) is 1. The van der Waals surface area contributed by atoms with Gasteiger partial charge in [0.15, 0.2) is 0 Å². The highest BCUT2D eigenvalue weighted by Crippen LogP contribution is 2.29. The Bertz CT molecular complexity index is 308. The molecule has 0 saturated heterocycles. The summed E-state index contributed by atoms with van der Waals surface area (Å²) in [6.45, 7) is 0.731. The summed E-state index contributed by atoms with van der Waals surface area (Å²) >= 11 is 0. The molecule has 3 heteroatoms. The van der Waals surface area contributed by atoms with Crippen molar-refractivity contribution in [2.45, 2.75) is 12.8 Å². The van der Waals surface area contributed by atoms with Gasteiger partial charge in [-0.2, -0.15) is 0 Å². The van der Waals surface area contributed by atoms with Gasteiger partial charge in [0.1, 0.15) is 6.29 Å². The number of nitrogens with zero attached hydrogens (tertiary/aromatic N) is 1. The zero-order chi connectivity index (χ0) is 9.10. The van der Waals surface area contributed by atoms with Crippen LogP contribution in [0.2, 0.25) is 0 Å². The third kappa shape index (κ3) is 2.28. The molecule has 1 aliphatic carbocycles. The highest BCUT2D eigenvalue weighted by molar-refractivity contribution is 5.74. The van der Waals surface area contributed by atoms with Gasteiger partial charge in [0.25, 0.3) is 0 Å². The molecular formula is C10H11NO2. The van der Waals surface area contributed by atoms with E-state index in [1.54, 1.807) is 18.3 Å². The number of hydrogen-bond acceptors (Lipinski definition) is 3. The van der Waals surface area contributed by atoms with Gasteiger partial charge in [-0.25, -0.2) is 4.98 Å². The van der Waals surface area contributed by atoms with Crippen molar-refractivity contribution in [2.24, 2.45) is 5.92 Å². The van der Waals surface area contributed by atoms with Crippen molar-refractivity contribution in [3.8, 4) is 5.88 Å². The van der Waals surface area contributed by atoms with Gasteiger partial charge in [0.2, 0.25) is 5.88 Å². The van der Waals surface area contributed by atoms with Crippen LogP contribution in [0.4, 0.5) is 0 Å². The maximum atomic E-state index is 10.4. The Balaban J connectivity index is 1.97. The van der Waals surface area contributed by atoms with Crippen molar-refractivity contribution in [1.29, 1.82) is 0 Å². The van der Waals surface area contributed by atoms with Crippen molar-refractivity contribution in [1.82, 2.24) is 4.98 Å². The first-order valence-electron chi connectivity index (χ1n) is 4.42. The largest absolute Gasteiger partial charge is 0.477 e. The lowest BCUT2D eigenvalue weighted by Crippen LogP contribution is -2.00. The summed E-state index contributed by atoms with van der Waals surface area (Å²) < 4.78 is 5.40. The third-order valence-corrected chi connectivity index (χ3v) is 2.06. The molecule has 0 radical (unpaired) electrons. The number of pyridine rings is 1. The fourth-order valence-electron chi connectivity index (χ4n) is 1.06. The quantitative estimate of drug-likeness (QED) is 0.657. The second-order valence-electron chi connectivity index (χ2n) is 3.30. The van der Waals surface area contributed by atoms with Crippen LogP contribution in [0.5, 0.6) is 5.88 Å². The van der Waals surface area contributed by atoms with Crippen molar-refractivity contribution in [3.63, 3.8) is 0 Å². The minimum absolute atomic E-state index is 0.552. The number of aldehydes is 1. The number of aromatic nitrogens is 1. The minimum Gasteiger partial charge on any atom is -0.477 e. The van der Waals surface area contributed by atoms with Crippen LogP contribution < -0.4 is 4.74 Å². The smallest absolute Gasteiger partial charge is 0.213 e. The van der Waals surface area contributed by atoms with E-state index in [-0.39, 0.29) is 0 Å². The van der Waals surface area contributed by atoms with E-state index in [2.05, 4.69) is 4.98 Å². The van der Waals surface area contributed by atoms with E-state index in [4.69, 9.17) is 4.74 Å². The standard InChI is InChI=1S/C10H11NO2/c12-6-9-3-4-11-10(5-9)13-7-8-1-2-8/h3-6,8H,1-2,7H2. The van der Waals surface area contributed by atoms with Gasteiger partial charge in [-0.1, -0.05) is 0 Å². The lowest BCUT2D eigenvalue weighted by Gasteiger charge is -2.03. The van der Waals surface area contributed by atoms with Gasteiger partial charge in [-0.3, -0.25) is 4.79 Å². The summed E-state index contributed by atoms with van der Waals surface area (Å²) in [6.07, 6.45) is 4.90. The van der Waals surface area contributed by atoms with Crippen molar-refractivity contribution < 1.29 is 9.53 Å². The Morgan fingerprint density at radius 1 is 1.62 bits per heavy atom. The predicted molar refractivity (Wildman–Crippen MR) is 47.8 cm³/mol. The van der Waals surface area contributed by atoms with Crippen LogP contribution in [0.3, 0.4) is 0 Å². The highest BCUT2D eigenvalue weighted by Gasteiger charge is 2.21. The van der Waals surface area contributed by atoms with E-state index in [9.17, 15) is 4.79 Å². The molecule has 3 nitrogen and oxygen atoms in total. The minimum atomic E-state index is 0.552. The fraction of sp³-hybridized carbons (Fsp3) is 0.400. The summed E-state index contributed by atoms with van der Waals surface area (Å²) in [6, 6.07) is 3.33. The van der Waals surface area contributed by atoms with E-state index < -0.39 is 0 Å². The van der Waals surface area contributed by atoms with Crippen LogP contribution >= 0.6 is 0 Å². The molecule has 2 rings (SSSR count). The molecule has 1 saturated carbocycles. The molecule has 1 aromatic heterocycles. The predicted octanol–water partition coefficient (Wildman–Crippen LogP) is 1.68. The number of hydrogen-bond donors (Lipinski definition) is 0. The summed E-state index contributed by atoms with van der Waals surface area (Å²) in [7, 11) is 0. The Labute approximate surface area is 76.7 Å². The molecule has 0 aromatic carbocycles. The Hall–Kier alpha value is -1.38. The molecule has 0 spiro atoms. The molecule has 68 valence electrons. The lowest BCUT2D eigenvalue weighted by molar-refractivity contribution is 0.112. The van der Waals surface area contributed by atoms with Crippen LogP contribution in [0, 0.1) is 5.92 Å². The molecule has 0 atom stereocenters. The molecule has 1 fully saturated rings. The summed E-state index contributed by atoms with van der Waals surface area (Å²) in [5, 5.41) is 0. The zero-order valence-corrected chi connectivity index (χ0v) is 7.27. The molecule has 0 amide bonds. The van der Waals surface area contributed by atoms with Gasteiger partial charge in [-0.15, -0.1) is 0 Å². The number of carbonyl (C=O) groups is 1. The van der Waals surface area contributed by atoms with Crippen molar-refractivity contribution in [2.75, 3.05) is 6.61 Å². The monoisotopic (exact) mass is 177 g/mol. The molecule has 1 heterocycles. The van der Waals surface area contributed by atoms with Gasteiger partial charge < -0.3 is 4.74 Å². The average Bonchev–Trinajstić information content (AvgIpc) is 2.99. The Morgan fingerprint density at radius 2 is 2.46 bits per heavy atom. The second-order valence-corrected chi connectivity index (χ2v) is 3.30. The average molecular weight is 177 g/mol. The van der Waals surface area contributed by atoms with E-state index in [1.807, 2.05) is 0 Å². The van der Waals surface area contributed by atoms with Crippen LogP contribution in [0.15, 0.2) is 18.3 Å². The maximum absolute atomic E-state index is 10.4. The Kier molecular flexibility index (Phi) is 2.25. The topological polar surface area (TPSA) is 39.2 Å². The lowest BCUT2D eigenvalue weighted by atomic mass is 10.3. The van der Waals surface area contributed by atoms with Crippen molar-refractivity contribution >= 4 is 6.29 Å². The van der Waals surface area contributed by atoms with Crippen molar-refractivity contribution in [3.05, 3.63) is 23.9 Å². The first-order valence-corrected chi connectivity index (χ1v) is 4.42. The first-order chi connectivity index (χ1) is 6.38. The molecule has 0 N–H and O–H groups in total. The zero-order valence-electron chi connectivity index (χ0n) is 7.27. The normalized spacial score (nSPS) is 15.4. The third-order valence-electron chi connectivity index (χ3n) is 2.06. The van der Waals surface area contributed by atoms with Gasteiger partial charge in [0.05, 0.1) is 6.61 Å². The molecule has 13 heavy (non-hydrogen) atoms. The van der Waals surface area contributed by atoms with Crippen LogP contribution in [-0.4, -0.2) is 17.9 Å². The molecule has 1 aliphatic rings. The Morgan fingerprint density at radius 3 is 3.15 bits per heavy atom. The first kappa shape index (κ1) is 8.23. The van der Waals surface area contributed by atoms with Gasteiger partial charge >= 0.3 is 0 Å². The van der Waals surface area contributed by atoms with Gasteiger partial charge in [0, 0.05) is 17.8 Å². The van der Waals surface area contributed by atoms with Gasteiger partial charge in [-0.05, 0) is 24.8 Å². The highest BCUT2D eigenvalue weighted by atomic mass is 16.5. The van der Waals surface area contributed by atoms with E-state index in [0.717, 1.165) is 12.9 Å². The summed E-state index contributed by atoms with van der Waals surface area (Å²) in [4.78, 5) is 14.4. The number of rotatable bonds is 4. The maximum Gasteiger partial charge on any atom is 0.213 e. The van der Waals surface area contributed by atoms with E-state index >= 15 is 0 Å². The number of carbonyl (C=O) groups excluding carboxylic acids is 1. The summed E-state index contributed by atoms with van der Waals surface area (Å²) in [5.41, 5.74) is 0.612. The molecule has 0 bridgehead atoms. The fourth-order valence-corrected chi connectivity index (χ4v) is 1.06. The second kappa shape index (κ2) is 3.56. The van der Waals surface area contributed by atoms with E-state index in [1.165, 1.54) is 12.8 Å². The summed E-state index contributed by atoms with van der Waals surface area (Å²) in [5.74, 6) is 1.26. The molecule has 0 aliphatic heterocycles. The van der Waals surface area contributed by atoms with Crippen LogP contribution in [0.1, 0.15) is 23.2 Å². The van der Waals surface area contributed by atoms with E-state index in [0.29, 0.717) is 17.4 Å². The van der Waals surface area contributed by atoms with Crippen LogP contribution in [-0.2, 0) is 0 Å². The molecule has 0 unspecified atom stereocenters.